The van der Waals surface area contributed by atoms with E-state index < -0.39 is 30.0 Å². The maximum Gasteiger partial charge on any atom is 0.319 e. The molecule has 0 spiro atoms. The molecule has 1 aromatic heterocycles. The minimum atomic E-state index is -3.96. The van der Waals surface area contributed by atoms with E-state index in [1.165, 1.54) is 21.3 Å². The largest absolute Gasteiger partial charge is 0.534 e. The van der Waals surface area contributed by atoms with Gasteiger partial charge in [-0.05, 0) is 76.3 Å². The smallest absolute Gasteiger partial charge is 0.319 e. The number of sulfonamides is 1. The van der Waals surface area contributed by atoms with Crippen LogP contribution in [0.3, 0.4) is 0 Å². The molecule has 0 N–H and O–H groups in total. The summed E-state index contributed by atoms with van der Waals surface area (Å²) in [5.41, 5.74) is 1.27. The predicted octanol–water partition coefficient (Wildman–Crippen LogP) is 5.98. The van der Waals surface area contributed by atoms with Crippen LogP contribution in [-0.2, 0) is 21.4 Å². The Labute approximate surface area is 306 Å². The molecule has 5 aromatic rings. The lowest BCUT2D eigenvalue weighted by Crippen LogP contribution is -2.68. The summed E-state index contributed by atoms with van der Waals surface area (Å²) >= 11 is 0. The number of pyridine rings is 1. The summed E-state index contributed by atoms with van der Waals surface area (Å²) in [4.78, 5) is 32.0. The van der Waals surface area contributed by atoms with Crippen LogP contribution in [0.15, 0.2) is 133 Å². The van der Waals surface area contributed by atoms with E-state index in [-0.39, 0.29) is 34.7 Å². The van der Waals surface area contributed by atoms with Crippen molar-refractivity contribution < 1.29 is 27.2 Å². The topological polar surface area (TPSA) is 106 Å². The number of benzene rings is 4. The maximum absolute atomic E-state index is 13.8. The Balaban J connectivity index is 1.11. The Bertz CT molecular complexity index is 2140. The van der Waals surface area contributed by atoms with Gasteiger partial charge in [-0.2, -0.15) is 4.31 Å². The van der Waals surface area contributed by atoms with E-state index in [1.807, 2.05) is 60.7 Å². The molecular formula is C41H41N3O6SSi. The maximum atomic E-state index is 13.8. The van der Waals surface area contributed by atoms with Gasteiger partial charge < -0.3 is 14.1 Å². The van der Waals surface area contributed by atoms with Gasteiger partial charge in [-0.25, -0.2) is 8.42 Å². The van der Waals surface area contributed by atoms with E-state index in [2.05, 4.69) is 50.0 Å². The fourth-order valence-electron chi connectivity index (χ4n) is 7.32. The number of hydrogen-bond donors (Lipinski definition) is 0. The third kappa shape index (κ3) is 6.55. The molecular weight excluding hydrogens is 691 g/mol. The number of ketones is 1. The number of nitrogens with zero attached hydrogens (tertiary/aromatic N) is 3. The predicted molar refractivity (Wildman–Crippen MR) is 203 cm³/mol. The molecule has 1 amide bonds. The number of anilines is 1. The Kier molecular flexibility index (Phi) is 9.60. The van der Waals surface area contributed by atoms with Gasteiger partial charge in [-0.3, -0.25) is 14.6 Å². The summed E-state index contributed by atoms with van der Waals surface area (Å²) in [5.74, 6) is -0.143. The molecule has 2 aliphatic heterocycles. The van der Waals surface area contributed by atoms with E-state index in [9.17, 15) is 18.0 Å². The van der Waals surface area contributed by atoms with Gasteiger partial charge in [0.25, 0.3) is 11.7 Å². The summed E-state index contributed by atoms with van der Waals surface area (Å²) < 4.78 is 42.0. The minimum Gasteiger partial charge on any atom is -0.534 e. The molecule has 0 saturated carbocycles. The highest BCUT2D eigenvalue weighted by Crippen LogP contribution is 2.38. The van der Waals surface area contributed by atoms with Gasteiger partial charge in [-0.1, -0.05) is 93.6 Å². The van der Waals surface area contributed by atoms with Crippen molar-refractivity contribution in [2.75, 3.05) is 18.1 Å². The van der Waals surface area contributed by atoms with Crippen molar-refractivity contribution >= 4 is 46.1 Å². The van der Waals surface area contributed by atoms with E-state index in [0.29, 0.717) is 36.6 Å². The second-order valence-corrected chi connectivity index (χ2v) is 20.3. The first-order valence-corrected chi connectivity index (χ1v) is 20.8. The molecule has 9 nitrogen and oxygen atoms in total. The molecule has 2 aliphatic rings. The fourth-order valence-corrected chi connectivity index (χ4v) is 13.4. The molecule has 1 saturated heterocycles. The Hall–Kier alpha value is -5.10. The number of carbonyl (C=O) groups excluding carboxylic acids is 2. The van der Waals surface area contributed by atoms with Crippen LogP contribution in [0.25, 0.3) is 0 Å². The van der Waals surface area contributed by atoms with Gasteiger partial charge in [0.1, 0.15) is 18.1 Å². The number of fused-ring (bicyclic) bond motifs is 1. The SMILES string of the molecule is CC(C)(C)[Si](Oc1ccc(CN2C(=O)C(=O)c3cc(S(=O)(=O)N4CCC[C@H]4COc4cccnc4)ccc32)cc1)(c1ccccc1)c1ccccc1. The minimum absolute atomic E-state index is 0.0210. The number of Topliss-reactive ketones (excluding diaryl/α,β-unsaturated/α-hetero) is 1. The zero-order valence-corrected chi connectivity index (χ0v) is 31.3. The Morgan fingerprint density at radius 1 is 0.827 bits per heavy atom. The zero-order chi connectivity index (χ0) is 36.5. The first-order chi connectivity index (χ1) is 25.0. The van der Waals surface area contributed by atoms with Crippen LogP contribution in [0.4, 0.5) is 5.69 Å². The van der Waals surface area contributed by atoms with Crippen LogP contribution in [0, 0.1) is 0 Å². The molecule has 4 aromatic carbocycles. The third-order valence-corrected chi connectivity index (χ3v) is 16.8. The average molecular weight is 732 g/mol. The van der Waals surface area contributed by atoms with Crippen molar-refractivity contribution in [3.05, 3.63) is 139 Å². The summed E-state index contributed by atoms with van der Waals surface area (Å²) in [7, 11) is -6.79. The highest BCUT2D eigenvalue weighted by Gasteiger charge is 2.52. The lowest BCUT2D eigenvalue weighted by Gasteiger charge is -2.43. The van der Waals surface area contributed by atoms with Gasteiger partial charge in [0, 0.05) is 12.7 Å². The van der Waals surface area contributed by atoms with Crippen LogP contribution in [-0.4, -0.2) is 56.9 Å². The van der Waals surface area contributed by atoms with Crippen LogP contribution < -0.4 is 24.4 Å². The quantitative estimate of drug-likeness (QED) is 0.122. The molecule has 11 heteroatoms. The van der Waals surface area contributed by atoms with Crippen molar-refractivity contribution in [2.24, 2.45) is 0 Å². The van der Waals surface area contributed by atoms with Gasteiger partial charge in [0.2, 0.25) is 10.0 Å². The molecule has 1 fully saturated rings. The number of ether oxygens (including phenoxy) is 1. The van der Waals surface area contributed by atoms with Crippen LogP contribution in [0.1, 0.15) is 49.5 Å². The zero-order valence-electron chi connectivity index (χ0n) is 29.4. The lowest BCUT2D eigenvalue weighted by molar-refractivity contribution is -0.114. The van der Waals surface area contributed by atoms with Crippen LogP contribution >= 0.6 is 0 Å². The summed E-state index contributed by atoms with van der Waals surface area (Å²) in [6.07, 6.45) is 4.57. The highest BCUT2D eigenvalue weighted by molar-refractivity contribution is 7.89. The van der Waals surface area contributed by atoms with Crippen LogP contribution in [0.2, 0.25) is 5.04 Å². The molecule has 0 unspecified atom stereocenters. The number of amides is 1. The Morgan fingerprint density at radius 2 is 1.50 bits per heavy atom. The molecule has 1 atom stereocenters. The number of carbonyl (C=O) groups is 2. The molecule has 7 rings (SSSR count). The number of aromatic nitrogens is 1. The van der Waals surface area contributed by atoms with Gasteiger partial charge in [-0.15, -0.1) is 0 Å². The molecule has 0 aliphatic carbocycles. The molecule has 0 radical (unpaired) electrons. The summed E-state index contributed by atoms with van der Waals surface area (Å²) in [6, 6.07) is 36.0. The lowest BCUT2D eigenvalue weighted by atomic mass is 10.1. The van der Waals surface area contributed by atoms with E-state index in [0.717, 1.165) is 15.9 Å². The third-order valence-electron chi connectivity index (χ3n) is 9.90. The summed E-state index contributed by atoms with van der Waals surface area (Å²) in [5, 5.41) is 2.11. The van der Waals surface area contributed by atoms with Gasteiger partial charge >= 0.3 is 8.32 Å². The Morgan fingerprint density at radius 3 is 2.12 bits per heavy atom. The molecule has 0 bridgehead atoms. The average Bonchev–Trinajstić information content (AvgIpc) is 3.73. The van der Waals surface area contributed by atoms with Crippen LogP contribution in [0.5, 0.6) is 11.5 Å². The highest BCUT2D eigenvalue weighted by atomic mass is 32.2. The first-order valence-electron chi connectivity index (χ1n) is 17.4. The second-order valence-electron chi connectivity index (χ2n) is 14.2. The first kappa shape index (κ1) is 35.3. The monoisotopic (exact) mass is 731 g/mol. The summed E-state index contributed by atoms with van der Waals surface area (Å²) in [6.45, 7) is 7.33. The van der Waals surface area contributed by atoms with Crippen molar-refractivity contribution in [1.29, 1.82) is 0 Å². The number of hydrogen-bond acceptors (Lipinski definition) is 7. The second kappa shape index (κ2) is 14.1. The molecule has 3 heterocycles. The fraction of sp³-hybridized carbons (Fsp3) is 0.244. The van der Waals surface area contributed by atoms with Gasteiger partial charge in [0.05, 0.1) is 34.9 Å². The van der Waals surface area contributed by atoms with E-state index >= 15 is 0 Å². The van der Waals surface area contributed by atoms with E-state index in [4.69, 9.17) is 9.16 Å². The molecule has 266 valence electrons. The number of rotatable bonds is 11. The van der Waals surface area contributed by atoms with Crippen molar-refractivity contribution in [3.8, 4) is 11.5 Å². The standard InChI is InChI=1S/C41H41N3O6SSi/c1-41(2,3)52(35-14-6-4-7-15-35,36-16-8-5-9-17-36)50-32-20-18-30(19-21-32)28-43-38-23-22-34(26-37(38)39(45)40(43)46)51(47,48)44-25-11-12-31(44)29-49-33-13-10-24-42-27-33/h4-10,13-24,26-27,31H,11-12,25,28-29H2,1-3H3/t31-/m0/s1. The van der Waals surface area contributed by atoms with Crippen molar-refractivity contribution in [3.63, 3.8) is 0 Å². The van der Waals surface area contributed by atoms with E-state index in [1.54, 1.807) is 30.6 Å². The normalized spacial score (nSPS) is 16.6. The molecule has 52 heavy (non-hydrogen) atoms. The van der Waals surface area contributed by atoms with Gasteiger partial charge in [0.15, 0.2) is 0 Å². The van der Waals surface area contributed by atoms with Crippen molar-refractivity contribution in [1.82, 2.24) is 9.29 Å². The van der Waals surface area contributed by atoms with Crippen molar-refractivity contribution in [2.45, 2.75) is 56.1 Å².